The lowest BCUT2D eigenvalue weighted by Crippen LogP contribution is -2.40. The van der Waals surface area contributed by atoms with Crippen molar-refractivity contribution in [2.24, 2.45) is 0 Å². The van der Waals surface area contributed by atoms with Gasteiger partial charge >= 0.3 is 0 Å². The number of nitrogens with zero attached hydrogens (tertiary/aromatic N) is 2. The zero-order chi connectivity index (χ0) is 27.5. The molecule has 3 aromatic carbocycles. The first-order chi connectivity index (χ1) is 18.7. The first kappa shape index (κ1) is 27.5. The minimum absolute atomic E-state index is 0.0187. The van der Waals surface area contributed by atoms with Gasteiger partial charge in [-0.15, -0.1) is 0 Å². The van der Waals surface area contributed by atoms with Crippen LogP contribution in [-0.4, -0.2) is 65.1 Å². The van der Waals surface area contributed by atoms with Crippen molar-refractivity contribution >= 4 is 20.0 Å². The highest BCUT2D eigenvalue weighted by molar-refractivity contribution is 7.89. The lowest BCUT2D eigenvalue weighted by molar-refractivity contribution is 0.0730. The van der Waals surface area contributed by atoms with E-state index in [1.54, 1.807) is 36.4 Å². The van der Waals surface area contributed by atoms with Crippen LogP contribution in [0.25, 0.3) is 0 Å². The van der Waals surface area contributed by atoms with Gasteiger partial charge in [-0.05, 0) is 66.4 Å². The zero-order valence-electron chi connectivity index (χ0n) is 21.2. The molecule has 2 aliphatic heterocycles. The molecular formula is C27H29FN2O7S2. The van der Waals surface area contributed by atoms with Gasteiger partial charge in [0.05, 0.1) is 23.0 Å². The van der Waals surface area contributed by atoms with Crippen LogP contribution in [0.15, 0.2) is 76.5 Å². The predicted octanol–water partition coefficient (Wildman–Crippen LogP) is 3.40. The Bertz CT molecular complexity index is 1520. The minimum atomic E-state index is -4.03. The topological polar surface area (TPSA) is 102 Å². The largest absolute Gasteiger partial charge is 0.454 e. The fourth-order valence-electron chi connectivity index (χ4n) is 4.54. The highest BCUT2D eigenvalue weighted by atomic mass is 32.2. The summed E-state index contributed by atoms with van der Waals surface area (Å²) in [6.45, 7) is 1.38. The van der Waals surface area contributed by atoms with Gasteiger partial charge < -0.3 is 14.2 Å². The van der Waals surface area contributed by atoms with E-state index in [4.69, 9.17) is 14.2 Å². The molecule has 0 aliphatic carbocycles. The van der Waals surface area contributed by atoms with Crippen molar-refractivity contribution < 1.29 is 35.4 Å². The summed E-state index contributed by atoms with van der Waals surface area (Å²) in [5.41, 5.74) is 1.20. The lowest BCUT2D eigenvalue weighted by atomic mass is 10.1. The van der Waals surface area contributed by atoms with Crippen LogP contribution in [0.3, 0.4) is 0 Å². The molecule has 0 radical (unpaired) electrons. The van der Waals surface area contributed by atoms with E-state index in [1.165, 1.54) is 38.9 Å². The van der Waals surface area contributed by atoms with Crippen LogP contribution >= 0.6 is 0 Å². The summed E-state index contributed by atoms with van der Waals surface area (Å²) in [6, 6.07) is 16.9. The van der Waals surface area contributed by atoms with E-state index in [0.29, 0.717) is 48.7 Å². The molecule has 1 fully saturated rings. The SMILES string of the molecule is O=S(=O)(c1ccc(S(=O)(=O)N(CCCc2ccccc2F)Cc2ccc3c(c2)OCO3)cc1)N1CCOCC1. The van der Waals surface area contributed by atoms with Gasteiger partial charge in [-0.3, -0.25) is 0 Å². The number of hydrogen-bond acceptors (Lipinski definition) is 7. The Morgan fingerprint density at radius 3 is 2.28 bits per heavy atom. The standard InChI is InChI=1S/C27H29FN2O7S2/c28-25-6-2-1-4-22(25)5-3-13-30(19-21-7-12-26-27(18-21)37-20-36-26)39(33,34)24-10-8-23(9-11-24)38(31,32)29-14-16-35-17-15-29/h1-2,4,6-12,18H,3,5,13-17,19-20H2. The Labute approximate surface area is 227 Å². The van der Waals surface area contributed by atoms with Crippen molar-refractivity contribution in [1.29, 1.82) is 0 Å². The first-order valence-corrected chi connectivity index (χ1v) is 15.4. The van der Waals surface area contributed by atoms with E-state index < -0.39 is 20.0 Å². The van der Waals surface area contributed by atoms with Crippen molar-refractivity contribution in [1.82, 2.24) is 8.61 Å². The summed E-state index contributed by atoms with van der Waals surface area (Å²) in [5, 5.41) is 0. The maximum atomic E-state index is 14.1. The van der Waals surface area contributed by atoms with Gasteiger partial charge in [0.2, 0.25) is 26.8 Å². The Balaban J connectivity index is 1.38. The zero-order valence-corrected chi connectivity index (χ0v) is 22.8. The summed E-state index contributed by atoms with van der Waals surface area (Å²) in [5.74, 6) is 0.790. The van der Waals surface area contributed by atoms with Gasteiger partial charge in [-0.2, -0.15) is 8.61 Å². The highest BCUT2D eigenvalue weighted by Crippen LogP contribution is 2.33. The predicted molar refractivity (Wildman–Crippen MR) is 141 cm³/mol. The summed E-state index contributed by atoms with van der Waals surface area (Å²) in [4.78, 5) is -0.0136. The Kier molecular flexibility index (Phi) is 8.19. The van der Waals surface area contributed by atoms with Gasteiger partial charge in [-0.25, -0.2) is 21.2 Å². The van der Waals surface area contributed by atoms with Crippen molar-refractivity contribution in [3.8, 4) is 11.5 Å². The van der Waals surface area contributed by atoms with E-state index in [2.05, 4.69) is 0 Å². The average molecular weight is 577 g/mol. The number of halogens is 1. The monoisotopic (exact) mass is 576 g/mol. The number of hydrogen-bond donors (Lipinski definition) is 0. The molecule has 0 spiro atoms. The minimum Gasteiger partial charge on any atom is -0.454 e. The van der Waals surface area contributed by atoms with Gasteiger partial charge in [-0.1, -0.05) is 24.3 Å². The van der Waals surface area contributed by atoms with Crippen LogP contribution < -0.4 is 9.47 Å². The quantitative estimate of drug-likeness (QED) is 0.365. The van der Waals surface area contributed by atoms with Gasteiger partial charge in [0, 0.05) is 26.2 Å². The molecule has 0 atom stereocenters. The lowest BCUT2D eigenvalue weighted by Gasteiger charge is -2.26. The second-order valence-electron chi connectivity index (χ2n) is 9.21. The van der Waals surface area contributed by atoms with Crippen LogP contribution in [0.2, 0.25) is 0 Å². The van der Waals surface area contributed by atoms with Crippen LogP contribution in [0.4, 0.5) is 4.39 Å². The number of benzene rings is 3. The molecule has 0 amide bonds. The number of rotatable bonds is 10. The van der Waals surface area contributed by atoms with Crippen LogP contribution in [0, 0.1) is 5.82 Å². The van der Waals surface area contributed by atoms with E-state index in [-0.39, 0.29) is 48.6 Å². The molecule has 208 valence electrons. The molecule has 3 aromatic rings. The third kappa shape index (κ3) is 6.10. The molecule has 9 nitrogen and oxygen atoms in total. The van der Waals surface area contributed by atoms with Crippen LogP contribution in [0.5, 0.6) is 11.5 Å². The molecule has 12 heteroatoms. The average Bonchev–Trinajstić information content (AvgIpc) is 3.42. The highest BCUT2D eigenvalue weighted by Gasteiger charge is 2.29. The fourth-order valence-corrected chi connectivity index (χ4v) is 7.42. The maximum absolute atomic E-state index is 14.1. The van der Waals surface area contributed by atoms with Crippen molar-refractivity contribution in [2.75, 3.05) is 39.6 Å². The van der Waals surface area contributed by atoms with Gasteiger partial charge in [0.25, 0.3) is 0 Å². The van der Waals surface area contributed by atoms with Gasteiger partial charge in [0.15, 0.2) is 11.5 Å². The molecule has 5 rings (SSSR count). The Morgan fingerprint density at radius 1 is 0.846 bits per heavy atom. The second-order valence-corrected chi connectivity index (χ2v) is 13.1. The third-order valence-electron chi connectivity index (χ3n) is 6.68. The van der Waals surface area contributed by atoms with E-state index in [9.17, 15) is 21.2 Å². The maximum Gasteiger partial charge on any atom is 0.243 e. The summed E-state index contributed by atoms with van der Waals surface area (Å²) in [6.07, 6.45) is 0.741. The van der Waals surface area contributed by atoms with Crippen molar-refractivity contribution in [2.45, 2.75) is 29.2 Å². The molecule has 39 heavy (non-hydrogen) atoms. The van der Waals surface area contributed by atoms with Gasteiger partial charge in [0.1, 0.15) is 5.82 Å². The molecule has 2 heterocycles. The first-order valence-electron chi connectivity index (χ1n) is 12.6. The fraction of sp³-hybridized carbons (Fsp3) is 0.333. The molecular weight excluding hydrogens is 547 g/mol. The smallest absolute Gasteiger partial charge is 0.243 e. The van der Waals surface area contributed by atoms with Crippen LogP contribution in [-0.2, 0) is 37.7 Å². The molecule has 0 bridgehead atoms. The second kappa shape index (κ2) is 11.6. The van der Waals surface area contributed by atoms with Crippen LogP contribution in [0.1, 0.15) is 17.5 Å². The molecule has 0 unspecified atom stereocenters. The number of sulfonamides is 2. The number of morpholine rings is 1. The van der Waals surface area contributed by atoms with Crippen molar-refractivity contribution in [3.05, 3.63) is 83.7 Å². The molecule has 0 aromatic heterocycles. The van der Waals surface area contributed by atoms with E-state index in [0.717, 1.165) is 0 Å². The third-order valence-corrected chi connectivity index (χ3v) is 10.4. The number of fused-ring (bicyclic) bond motifs is 1. The van der Waals surface area contributed by atoms with E-state index >= 15 is 0 Å². The molecule has 1 saturated heterocycles. The summed E-state index contributed by atoms with van der Waals surface area (Å²) >= 11 is 0. The summed E-state index contributed by atoms with van der Waals surface area (Å²) < 4.78 is 86.3. The summed E-state index contributed by atoms with van der Waals surface area (Å²) in [7, 11) is -7.79. The molecule has 2 aliphatic rings. The van der Waals surface area contributed by atoms with E-state index in [1.807, 2.05) is 0 Å². The normalized spacial score (nSPS) is 16.1. The van der Waals surface area contributed by atoms with Crippen molar-refractivity contribution in [3.63, 3.8) is 0 Å². The Hall–Kier alpha value is -3.03. The molecule has 0 N–H and O–H groups in total. The Morgan fingerprint density at radius 2 is 1.54 bits per heavy atom. The number of ether oxygens (including phenoxy) is 3. The molecule has 0 saturated carbocycles. The number of aryl methyl sites for hydroxylation is 1.